The van der Waals surface area contributed by atoms with E-state index in [0.29, 0.717) is 23.5 Å². The quantitative estimate of drug-likeness (QED) is 0.706. The van der Waals surface area contributed by atoms with Crippen molar-refractivity contribution in [2.75, 3.05) is 23.9 Å². The monoisotopic (exact) mass is 392 g/mol. The van der Waals surface area contributed by atoms with Crippen LogP contribution in [0.15, 0.2) is 60.0 Å². The third-order valence-corrected chi connectivity index (χ3v) is 5.63. The lowest BCUT2D eigenvalue weighted by Gasteiger charge is -2.29. The first kappa shape index (κ1) is 18.3. The highest BCUT2D eigenvalue weighted by atomic mass is 32.1. The van der Waals surface area contributed by atoms with E-state index in [-0.39, 0.29) is 11.8 Å². The van der Waals surface area contributed by atoms with Crippen LogP contribution in [0.2, 0.25) is 0 Å². The van der Waals surface area contributed by atoms with Gasteiger partial charge in [0.05, 0.1) is 12.0 Å². The van der Waals surface area contributed by atoms with Crippen molar-refractivity contribution in [2.24, 2.45) is 0 Å². The van der Waals surface area contributed by atoms with Crippen molar-refractivity contribution in [3.63, 3.8) is 0 Å². The fraction of sp³-hybridized carbons (Fsp3) is 0.182. The molecule has 0 fully saturated rings. The number of nitrogens with zero attached hydrogens (tertiary/aromatic N) is 1. The van der Waals surface area contributed by atoms with Gasteiger partial charge < -0.3 is 15.0 Å². The largest absolute Gasteiger partial charge is 0.497 e. The van der Waals surface area contributed by atoms with Crippen LogP contribution >= 0.6 is 11.3 Å². The number of carbonyl (C=O) groups is 2. The smallest absolute Gasteiger partial charge is 0.268 e. The van der Waals surface area contributed by atoms with Crippen LogP contribution in [0.25, 0.3) is 0 Å². The highest BCUT2D eigenvalue weighted by Crippen LogP contribution is 2.32. The summed E-state index contributed by atoms with van der Waals surface area (Å²) in [7, 11) is 1.57. The molecule has 2 heterocycles. The topological polar surface area (TPSA) is 58.6 Å². The maximum atomic E-state index is 12.9. The van der Waals surface area contributed by atoms with E-state index in [2.05, 4.69) is 5.32 Å². The summed E-state index contributed by atoms with van der Waals surface area (Å²) < 4.78 is 5.18. The van der Waals surface area contributed by atoms with E-state index in [1.165, 1.54) is 11.3 Å². The molecule has 1 aromatic heterocycles. The zero-order valence-corrected chi connectivity index (χ0v) is 16.3. The predicted molar refractivity (Wildman–Crippen MR) is 112 cm³/mol. The lowest BCUT2D eigenvalue weighted by atomic mass is 10.0. The molecule has 0 aliphatic carbocycles. The number of hydrogen-bond donors (Lipinski definition) is 1. The number of anilines is 2. The predicted octanol–water partition coefficient (Wildman–Crippen LogP) is 4.60. The number of thiophene rings is 1. The average molecular weight is 392 g/mol. The van der Waals surface area contributed by atoms with Crippen molar-refractivity contribution in [3.05, 3.63) is 76.0 Å². The zero-order valence-electron chi connectivity index (χ0n) is 15.5. The Bertz CT molecular complexity index is 1010. The van der Waals surface area contributed by atoms with Gasteiger partial charge in [0.15, 0.2) is 0 Å². The van der Waals surface area contributed by atoms with Crippen molar-refractivity contribution in [1.82, 2.24) is 0 Å². The number of hydrogen-bond acceptors (Lipinski definition) is 4. The maximum Gasteiger partial charge on any atom is 0.268 e. The number of fused-ring (bicyclic) bond motifs is 1. The minimum absolute atomic E-state index is 0.00669. The number of benzene rings is 2. The van der Waals surface area contributed by atoms with E-state index in [1.807, 2.05) is 40.6 Å². The molecule has 0 saturated heterocycles. The van der Waals surface area contributed by atoms with Gasteiger partial charge in [0, 0.05) is 23.5 Å². The van der Waals surface area contributed by atoms with E-state index in [9.17, 15) is 9.59 Å². The van der Waals surface area contributed by atoms with E-state index in [4.69, 9.17) is 4.74 Å². The van der Waals surface area contributed by atoms with Crippen LogP contribution in [0.1, 0.15) is 32.0 Å². The summed E-state index contributed by atoms with van der Waals surface area (Å²) in [6.45, 7) is 0.678. The Morgan fingerprint density at radius 2 is 2.00 bits per heavy atom. The van der Waals surface area contributed by atoms with Crippen LogP contribution in [-0.4, -0.2) is 25.5 Å². The number of rotatable bonds is 4. The van der Waals surface area contributed by atoms with Gasteiger partial charge in [-0.25, -0.2) is 0 Å². The molecule has 2 aromatic carbocycles. The number of ether oxygens (including phenoxy) is 1. The molecule has 0 spiro atoms. The van der Waals surface area contributed by atoms with Gasteiger partial charge in [0.1, 0.15) is 5.75 Å². The maximum absolute atomic E-state index is 12.9. The number of amides is 2. The van der Waals surface area contributed by atoms with E-state index in [0.717, 1.165) is 29.0 Å². The number of nitrogens with one attached hydrogen (secondary N) is 1. The van der Waals surface area contributed by atoms with Gasteiger partial charge in [-0.1, -0.05) is 18.2 Å². The zero-order chi connectivity index (χ0) is 19.5. The molecule has 0 radical (unpaired) electrons. The van der Waals surface area contributed by atoms with Crippen LogP contribution in [0.3, 0.4) is 0 Å². The van der Waals surface area contributed by atoms with E-state index < -0.39 is 0 Å². The molecule has 1 aliphatic rings. The molecule has 0 saturated carbocycles. The summed E-state index contributed by atoms with van der Waals surface area (Å²) in [4.78, 5) is 28.0. The summed E-state index contributed by atoms with van der Waals surface area (Å²) in [6, 6.07) is 16.5. The second kappa shape index (κ2) is 7.86. The van der Waals surface area contributed by atoms with Gasteiger partial charge in [0.2, 0.25) is 0 Å². The Morgan fingerprint density at radius 1 is 1.11 bits per heavy atom. The van der Waals surface area contributed by atoms with Crippen LogP contribution in [0.4, 0.5) is 11.4 Å². The Balaban J connectivity index is 1.59. The van der Waals surface area contributed by atoms with Gasteiger partial charge in [-0.3, -0.25) is 9.59 Å². The second-order valence-corrected chi connectivity index (χ2v) is 7.51. The van der Waals surface area contributed by atoms with Crippen LogP contribution < -0.4 is 15.0 Å². The molecule has 1 aliphatic heterocycles. The first-order valence-electron chi connectivity index (χ1n) is 9.09. The average Bonchev–Trinajstić information content (AvgIpc) is 3.27. The molecular formula is C22H20N2O3S. The highest BCUT2D eigenvalue weighted by Gasteiger charge is 2.24. The molecule has 1 N–H and O–H groups in total. The molecule has 3 aromatic rings. The standard InChI is InChI=1S/C22H20N2O3S/c1-27-18-7-2-5-16(13-18)21(25)23-17-10-9-15-6-3-11-24(19(15)14-17)22(26)20-8-4-12-28-20/h2,4-5,7-10,12-14H,3,6,11H2,1H3,(H,23,25). The van der Waals surface area contributed by atoms with Crippen molar-refractivity contribution >= 4 is 34.5 Å². The van der Waals surface area contributed by atoms with Crippen LogP contribution in [0, 0.1) is 0 Å². The summed E-state index contributed by atoms with van der Waals surface area (Å²) in [5.41, 5.74) is 3.17. The molecule has 6 heteroatoms. The molecular weight excluding hydrogens is 372 g/mol. The molecule has 142 valence electrons. The number of carbonyl (C=O) groups excluding carboxylic acids is 2. The highest BCUT2D eigenvalue weighted by molar-refractivity contribution is 7.12. The van der Waals surface area contributed by atoms with Crippen LogP contribution in [0.5, 0.6) is 5.75 Å². The third kappa shape index (κ3) is 3.64. The molecule has 0 unspecified atom stereocenters. The molecule has 4 rings (SSSR count). The minimum atomic E-state index is -0.217. The molecule has 2 amide bonds. The van der Waals surface area contributed by atoms with Crippen molar-refractivity contribution in [1.29, 1.82) is 0 Å². The Labute approximate surface area is 167 Å². The lowest BCUT2D eigenvalue weighted by molar-refractivity contribution is 0.0987. The molecule has 0 atom stereocenters. The first-order chi connectivity index (χ1) is 13.7. The molecule has 28 heavy (non-hydrogen) atoms. The van der Waals surface area contributed by atoms with Crippen molar-refractivity contribution in [2.45, 2.75) is 12.8 Å². The van der Waals surface area contributed by atoms with E-state index in [1.54, 1.807) is 31.4 Å². The normalized spacial score (nSPS) is 13.0. The summed E-state index contributed by atoms with van der Waals surface area (Å²) in [5.74, 6) is 0.420. The first-order valence-corrected chi connectivity index (χ1v) is 9.97. The van der Waals surface area contributed by atoms with E-state index >= 15 is 0 Å². The van der Waals surface area contributed by atoms with Gasteiger partial charge in [-0.15, -0.1) is 11.3 Å². The van der Waals surface area contributed by atoms with Gasteiger partial charge in [-0.05, 0) is 60.2 Å². The summed E-state index contributed by atoms with van der Waals surface area (Å²) >= 11 is 1.44. The SMILES string of the molecule is COc1cccc(C(=O)Nc2ccc3c(c2)N(C(=O)c2cccs2)CCC3)c1. The Kier molecular flexibility index (Phi) is 5.12. The fourth-order valence-corrected chi connectivity index (χ4v) is 4.04. The molecule has 5 nitrogen and oxygen atoms in total. The third-order valence-electron chi connectivity index (χ3n) is 4.77. The van der Waals surface area contributed by atoms with Gasteiger partial charge in [-0.2, -0.15) is 0 Å². The van der Waals surface area contributed by atoms with Gasteiger partial charge in [0.25, 0.3) is 11.8 Å². The summed E-state index contributed by atoms with van der Waals surface area (Å²) in [5, 5.41) is 4.83. The number of methoxy groups -OCH3 is 1. The Morgan fingerprint density at radius 3 is 2.79 bits per heavy atom. The van der Waals surface area contributed by atoms with Crippen molar-refractivity contribution in [3.8, 4) is 5.75 Å². The Hall–Kier alpha value is -3.12. The molecule has 0 bridgehead atoms. The number of aryl methyl sites for hydroxylation is 1. The fourth-order valence-electron chi connectivity index (χ4n) is 3.36. The summed E-state index contributed by atoms with van der Waals surface area (Å²) in [6.07, 6.45) is 1.85. The van der Waals surface area contributed by atoms with Gasteiger partial charge >= 0.3 is 0 Å². The van der Waals surface area contributed by atoms with Crippen molar-refractivity contribution < 1.29 is 14.3 Å². The lowest BCUT2D eigenvalue weighted by Crippen LogP contribution is -2.35. The second-order valence-electron chi connectivity index (χ2n) is 6.57. The minimum Gasteiger partial charge on any atom is -0.497 e. The van der Waals surface area contributed by atoms with Crippen LogP contribution in [-0.2, 0) is 6.42 Å².